The standard InChI is InChI=1S/C17H23Cl2NO4/c1-16(2,3)14-9-20(15(22)23)7-6-17(10-21,24-14)11-4-5-12(18)13(19)8-11/h4-5,8,14,21H,6-7,9-10H2,1-3H3,(H,22,23). The zero-order valence-corrected chi connectivity index (χ0v) is 15.6. The minimum Gasteiger partial charge on any atom is -0.465 e. The van der Waals surface area contributed by atoms with E-state index in [0.29, 0.717) is 22.0 Å². The summed E-state index contributed by atoms with van der Waals surface area (Å²) in [6.45, 7) is 6.20. The van der Waals surface area contributed by atoms with E-state index in [0.717, 1.165) is 0 Å². The third-order valence-corrected chi connectivity index (χ3v) is 5.22. The molecule has 7 heteroatoms. The second kappa shape index (κ2) is 7.08. The van der Waals surface area contributed by atoms with Crippen LogP contribution in [-0.2, 0) is 10.3 Å². The van der Waals surface area contributed by atoms with E-state index in [2.05, 4.69) is 0 Å². The molecule has 134 valence electrons. The lowest BCUT2D eigenvalue weighted by Gasteiger charge is -2.39. The molecule has 2 atom stereocenters. The van der Waals surface area contributed by atoms with Crippen molar-refractivity contribution >= 4 is 29.3 Å². The molecule has 2 rings (SSSR count). The highest BCUT2D eigenvalue weighted by Crippen LogP contribution is 2.39. The predicted octanol–water partition coefficient (Wildman–Crippen LogP) is 4.00. The molecule has 1 saturated heterocycles. The number of amides is 1. The van der Waals surface area contributed by atoms with Crippen LogP contribution in [0.5, 0.6) is 0 Å². The Balaban J connectivity index is 2.47. The van der Waals surface area contributed by atoms with Crippen molar-refractivity contribution in [3.63, 3.8) is 0 Å². The van der Waals surface area contributed by atoms with Crippen LogP contribution in [0.25, 0.3) is 0 Å². The fourth-order valence-corrected chi connectivity index (χ4v) is 3.10. The number of ether oxygens (including phenoxy) is 1. The van der Waals surface area contributed by atoms with Gasteiger partial charge in [0.1, 0.15) is 5.60 Å². The third kappa shape index (κ3) is 3.97. The maximum absolute atomic E-state index is 11.5. The average molecular weight is 376 g/mol. The molecule has 1 fully saturated rings. The van der Waals surface area contributed by atoms with Gasteiger partial charge in [0.2, 0.25) is 0 Å². The van der Waals surface area contributed by atoms with Crippen LogP contribution < -0.4 is 0 Å². The molecule has 1 aliphatic rings. The highest BCUT2D eigenvalue weighted by atomic mass is 35.5. The van der Waals surface area contributed by atoms with Crippen molar-refractivity contribution in [3.05, 3.63) is 33.8 Å². The monoisotopic (exact) mass is 375 g/mol. The largest absolute Gasteiger partial charge is 0.465 e. The van der Waals surface area contributed by atoms with E-state index >= 15 is 0 Å². The molecule has 0 radical (unpaired) electrons. The van der Waals surface area contributed by atoms with Crippen molar-refractivity contribution in [2.24, 2.45) is 5.41 Å². The third-order valence-electron chi connectivity index (χ3n) is 4.48. The topological polar surface area (TPSA) is 70.0 Å². The molecule has 0 saturated carbocycles. The molecule has 1 heterocycles. The van der Waals surface area contributed by atoms with Crippen LogP contribution in [0.2, 0.25) is 10.0 Å². The maximum Gasteiger partial charge on any atom is 0.407 e. The number of nitrogens with zero attached hydrogens (tertiary/aromatic N) is 1. The Bertz CT molecular complexity index is 617. The van der Waals surface area contributed by atoms with E-state index in [4.69, 9.17) is 27.9 Å². The Morgan fingerprint density at radius 3 is 2.54 bits per heavy atom. The first kappa shape index (κ1) is 19.3. The molecule has 1 amide bonds. The Morgan fingerprint density at radius 1 is 1.38 bits per heavy atom. The first-order valence-corrected chi connectivity index (χ1v) is 8.57. The molecule has 24 heavy (non-hydrogen) atoms. The smallest absolute Gasteiger partial charge is 0.407 e. The van der Waals surface area contributed by atoms with Gasteiger partial charge in [-0.3, -0.25) is 0 Å². The lowest BCUT2D eigenvalue weighted by Crippen LogP contribution is -2.44. The van der Waals surface area contributed by atoms with Crippen LogP contribution in [0.1, 0.15) is 32.8 Å². The highest BCUT2D eigenvalue weighted by Gasteiger charge is 2.43. The van der Waals surface area contributed by atoms with E-state index in [1.807, 2.05) is 20.8 Å². The van der Waals surface area contributed by atoms with Crippen molar-refractivity contribution in [1.82, 2.24) is 4.90 Å². The number of carbonyl (C=O) groups is 1. The van der Waals surface area contributed by atoms with Gasteiger partial charge in [-0.1, -0.05) is 50.0 Å². The summed E-state index contributed by atoms with van der Waals surface area (Å²) in [5.41, 5.74) is -0.619. The van der Waals surface area contributed by atoms with E-state index in [1.165, 1.54) is 4.90 Å². The Kier molecular flexibility index (Phi) is 5.70. The van der Waals surface area contributed by atoms with Crippen LogP contribution in [0, 0.1) is 5.41 Å². The number of hydrogen-bond donors (Lipinski definition) is 2. The van der Waals surface area contributed by atoms with Crippen LogP contribution in [-0.4, -0.2) is 47.0 Å². The summed E-state index contributed by atoms with van der Waals surface area (Å²) in [7, 11) is 0. The fourth-order valence-electron chi connectivity index (χ4n) is 2.80. The van der Waals surface area contributed by atoms with Crippen molar-refractivity contribution < 1.29 is 19.7 Å². The summed E-state index contributed by atoms with van der Waals surface area (Å²) in [5, 5.41) is 20.3. The van der Waals surface area contributed by atoms with Gasteiger partial charge in [-0.05, 0) is 23.1 Å². The average Bonchev–Trinajstić information content (AvgIpc) is 2.70. The summed E-state index contributed by atoms with van der Waals surface area (Å²) in [4.78, 5) is 12.8. The van der Waals surface area contributed by atoms with Gasteiger partial charge in [-0.25, -0.2) is 4.79 Å². The molecule has 2 N–H and O–H groups in total. The lowest BCUT2D eigenvalue weighted by molar-refractivity contribution is -0.150. The van der Waals surface area contributed by atoms with E-state index in [1.54, 1.807) is 18.2 Å². The number of rotatable bonds is 2. The van der Waals surface area contributed by atoms with Gasteiger partial charge in [-0.15, -0.1) is 0 Å². The van der Waals surface area contributed by atoms with Crippen molar-refractivity contribution in [1.29, 1.82) is 0 Å². The van der Waals surface area contributed by atoms with E-state index in [9.17, 15) is 15.0 Å². The first-order valence-electron chi connectivity index (χ1n) is 7.81. The lowest BCUT2D eigenvalue weighted by atomic mass is 9.86. The SMILES string of the molecule is CC(C)(C)C1CN(C(=O)O)CCC(CO)(c2ccc(Cl)c(Cl)c2)O1. The van der Waals surface area contributed by atoms with E-state index < -0.39 is 11.7 Å². The van der Waals surface area contributed by atoms with Gasteiger partial charge in [0.25, 0.3) is 0 Å². The number of aliphatic hydroxyl groups excluding tert-OH is 1. The molecule has 0 aliphatic carbocycles. The molecule has 5 nitrogen and oxygen atoms in total. The predicted molar refractivity (Wildman–Crippen MR) is 93.8 cm³/mol. The zero-order valence-electron chi connectivity index (χ0n) is 14.1. The van der Waals surface area contributed by atoms with Gasteiger partial charge in [0, 0.05) is 13.0 Å². The molecule has 1 aromatic rings. The number of benzene rings is 1. The zero-order chi connectivity index (χ0) is 18.1. The maximum atomic E-state index is 11.5. The van der Waals surface area contributed by atoms with Crippen LogP contribution in [0.15, 0.2) is 18.2 Å². The second-order valence-electron chi connectivity index (χ2n) is 7.23. The second-order valence-corrected chi connectivity index (χ2v) is 8.05. The van der Waals surface area contributed by atoms with Crippen molar-refractivity contribution in [2.45, 2.75) is 38.9 Å². The Hall–Kier alpha value is -1.01. The number of aliphatic hydroxyl groups is 1. The number of halogens is 2. The fraction of sp³-hybridized carbons (Fsp3) is 0.588. The quantitative estimate of drug-likeness (QED) is 0.819. The number of hydrogen-bond acceptors (Lipinski definition) is 3. The molecule has 1 aliphatic heterocycles. The van der Waals surface area contributed by atoms with Gasteiger partial charge >= 0.3 is 6.09 Å². The van der Waals surface area contributed by atoms with E-state index in [-0.39, 0.29) is 31.2 Å². The van der Waals surface area contributed by atoms with Crippen molar-refractivity contribution in [2.75, 3.05) is 19.7 Å². The minimum atomic E-state index is -1.02. The Morgan fingerprint density at radius 2 is 2.04 bits per heavy atom. The Labute approximate surface area is 152 Å². The first-order chi connectivity index (χ1) is 11.1. The van der Waals surface area contributed by atoms with Crippen molar-refractivity contribution in [3.8, 4) is 0 Å². The minimum absolute atomic E-state index is 0.252. The highest BCUT2D eigenvalue weighted by molar-refractivity contribution is 6.42. The van der Waals surface area contributed by atoms with Gasteiger partial charge in [-0.2, -0.15) is 0 Å². The van der Waals surface area contributed by atoms with Gasteiger partial charge in [0.15, 0.2) is 0 Å². The normalized spacial score (nSPS) is 25.4. The molecule has 0 spiro atoms. The molecular weight excluding hydrogens is 353 g/mol. The molecule has 1 aromatic carbocycles. The van der Waals surface area contributed by atoms with Crippen LogP contribution in [0.3, 0.4) is 0 Å². The van der Waals surface area contributed by atoms with Gasteiger partial charge in [0.05, 0.1) is 29.3 Å². The summed E-state index contributed by atoms with van der Waals surface area (Å²) in [5.74, 6) is 0. The van der Waals surface area contributed by atoms with Gasteiger partial charge < -0.3 is 19.8 Å². The van der Waals surface area contributed by atoms with Crippen LogP contribution >= 0.6 is 23.2 Å². The molecule has 0 bridgehead atoms. The summed E-state index contributed by atoms with van der Waals surface area (Å²) in [6.07, 6.45) is -1.03. The summed E-state index contributed by atoms with van der Waals surface area (Å²) in [6, 6.07) is 5.10. The summed E-state index contributed by atoms with van der Waals surface area (Å²) < 4.78 is 6.32. The molecule has 2 unspecified atom stereocenters. The molecule has 0 aromatic heterocycles. The molecular formula is C17H23Cl2NO4. The van der Waals surface area contributed by atoms with Crippen LogP contribution in [0.4, 0.5) is 4.79 Å². The number of carboxylic acid groups (broad SMARTS) is 1. The summed E-state index contributed by atoms with van der Waals surface area (Å²) >= 11 is 12.1.